The first-order valence-corrected chi connectivity index (χ1v) is 8.25. The Balaban J connectivity index is 1.98. The van der Waals surface area contributed by atoms with E-state index in [1.807, 2.05) is 24.3 Å². The van der Waals surface area contributed by atoms with Crippen molar-refractivity contribution in [3.63, 3.8) is 0 Å². The van der Waals surface area contributed by atoms with E-state index in [1.54, 1.807) is 6.07 Å². The summed E-state index contributed by atoms with van der Waals surface area (Å²) >= 11 is 0. The fourth-order valence-corrected chi connectivity index (χ4v) is 2.78. The highest BCUT2D eigenvalue weighted by Crippen LogP contribution is 2.21. The zero-order valence-corrected chi connectivity index (χ0v) is 12.2. The maximum atomic E-state index is 11.5. The molecule has 108 valence electrons. The molecule has 0 amide bonds. The van der Waals surface area contributed by atoms with Crippen molar-refractivity contribution in [1.29, 1.82) is 0 Å². The lowest BCUT2D eigenvalue weighted by molar-refractivity contribution is 0.544. The average molecular weight is 302 g/mol. The minimum absolute atomic E-state index is 0.235. The smallest absolute Gasteiger partial charge is 0.199 e. The molecule has 3 rings (SSSR count). The van der Waals surface area contributed by atoms with Crippen LogP contribution in [-0.4, -0.2) is 19.7 Å². The van der Waals surface area contributed by atoms with Crippen LogP contribution in [-0.2, 0) is 16.3 Å². The maximum absolute atomic E-state index is 11.5. The fraction of sp³-hybridized carbons (Fsp3) is 0.133. The van der Waals surface area contributed by atoms with E-state index in [4.69, 9.17) is 10.2 Å². The van der Waals surface area contributed by atoms with Crippen LogP contribution in [0.15, 0.2) is 51.8 Å². The first-order chi connectivity index (χ1) is 9.91. The van der Waals surface area contributed by atoms with Crippen molar-refractivity contribution in [2.24, 2.45) is 0 Å². The van der Waals surface area contributed by atoms with Gasteiger partial charge in [0.2, 0.25) is 0 Å². The molecule has 0 spiro atoms. The van der Waals surface area contributed by atoms with E-state index in [1.165, 1.54) is 18.4 Å². The number of nitrogens with zero attached hydrogens (tertiary/aromatic N) is 1. The van der Waals surface area contributed by atoms with Crippen LogP contribution >= 0.6 is 0 Å². The van der Waals surface area contributed by atoms with Crippen molar-refractivity contribution in [1.82, 2.24) is 4.98 Å². The number of sulfone groups is 1. The molecule has 0 fully saturated rings. The van der Waals surface area contributed by atoms with E-state index in [0.717, 1.165) is 5.56 Å². The van der Waals surface area contributed by atoms with Gasteiger partial charge in [0.25, 0.3) is 0 Å². The summed E-state index contributed by atoms with van der Waals surface area (Å²) in [5.74, 6) is 0.529. The maximum Gasteiger partial charge on any atom is 0.199 e. The normalized spacial score (nSPS) is 11.9. The SMILES string of the molecule is CS(=O)(=O)c1ccc2oc(Cc3cccc(N)c3)nc2c1. The largest absolute Gasteiger partial charge is 0.440 e. The Labute approximate surface area is 122 Å². The Morgan fingerprint density at radius 1 is 1.19 bits per heavy atom. The second kappa shape index (κ2) is 4.89. The summed E-state index contributed by atoms with van der Waals surface area (Å²) in [4.78, 5) is 4.57. The van der Waals surface area contributed by atoms with Gasteiger partial charge < -0.3 is 10.2 Å². The Morgan fingerprint density at radius 3 is 2.71 bits per heavy atom. The molecule has 0 aliphatic carbocycles. The van der Waals surface area contributed by atoms with E-state index in [9.17, 15) is 8.42 Å². The van der Waals surface area contributed by atoms with Gasteiger partial charge in [-0.1, -0.05) is 12.1 Å². The van der Waals surface area contributed by atoms with Gasteiger partial charge in [0.05, 0.1) is 4.90 Å². The van der Waals surface area contributed by atoms with Crippen LogP contribution in [0.5, 0.6) is 0 Å². The van der Waals surface area contributed by atoms with Gasteiger partial charge in [0.1, 0.15) is 5.52 Å². The van der Waals surface area contributed by atoms with Crippen molar-refractivity contribution >= 4 is 26.6 Å². The Morgan fingerprint density at radius 2 is 2.00 bits per heavy atom. The van der Waals surface area contributed by atoms with Crippen LogP contribution in [0.1, 0.15) is 11.5 Å². The first kappa shape index (κ1) is 13.6. The molecule has 2 N–H and O–H groups in total. The lowest BCUT2D eigenvalue weighted by atomic mass is 10.1. The quantitative estimate of drug-likeness (QED) is 0.751. The zero-order valence-electron chi connectivity index (χ0n) is 11.4. The van der Waals surface area contributed by atoms with Gasteiger partial charge in [-0.25, -0.2) is 13.4 Å². The number of fused-ring (bicyclic) bond motifs is 1. The molecule has 21 heavy (non-hydrogen) atoms. The number of nitrogens with two attached hydrogens (primary N) is 1. The van der Waals surface area contributed by atoms with Gasteiger partial charge in [-0.05, 0) is 35.9 Å². The van der Waals surface area contributed by atoms with E-state index >= 15 is 0 Å². The van der Waals surface area contributed by atoms with Crippen LogP contribution in [0.25, 0.3) is 11.1 Å². The highest BCUT2D eigenvalue weighted by Gasteiger charge is 2.12. The summed E-state index contributed by atoms with van der Waals surface area (Å²) in [6.45, 7) is 0. The molecule has 0 saturated carbocycles. The molecule has 3 aromatic rings. The summed E-state index contributed by atoms with van der Waals surface area (Å²) in [5.41, 5.74) is 8.52. The number of nitrogen functional groups attached to an aromatic ring is 1. The van der Waals surface area contributed by atoms with Crippen LogP contribution in [0.2, 0.25) is 0 Å². The molecule has 0 saturated heterocycles. The van der Waals surface area contributed by atoms with Crippen molar-refractivity contribution in [2.45, 2.75) is 11.3 Å². The lowest BCUT2D eigenvalue weighted by Crippen LogP contribution is -1.96. The molecule has 0 unspecified atom stereocenters. The van der Waals surface area contributed by atoms with Crippen molar-refractivity contribution in [3.8, 4) is 0 Å². The molecular weight excluding hydrogens is 288 g/mol. The third-order valence-corrected chi connectivity index (χ3v) is 4.25. The van der Waals surface area contributed by atoms with E-state index in [2.05, 4.69) is 4.98 Å². The summed E-state index contributed by atoms with van der Waals surface area (Å²) in [7, 11) is -3.25. The minimum atomic E-state index is -3.25. The zero-order chi connectivity index (χ0) is 15.0. The van der Waals surface area contributed by atoms with Gasteiger partial charge in [-0.3, -0.25) is 0 Å². The van der Waals surface area contributed by atoms with Crippen LogP contribution < -0.4 is 5.73 Å². The molecule has 5 nitrogen and oxygen atoms in total. The Kier molecular flexibility index (Phi) is 3.17. The summed E-state index contributed by atoms with van der Waals surface area (Å²) in [6, 6.07) is 12.2. The molecule has 0 aliphatic rings. The van der Waals surface area contributed by atoms with Crippen molar-refractivity contribution in [3.05, 3.63) is 53.9 Å². The number of rotatable bonds is 3. The highest BCUT2D eigenvalue weighted by molar-refractivity contribution is 7.90. The van der Waals surface area contributed by atoms with Crippen LogP contribution in [0.4, 0.5) is 5.69 Å². The standard InChI is InChI=1S/C15H14N2O3S/c1-21(18,19)12-5-6-14-13(9-12)17-15(20-14)8-10-3-2-4-11(16)7-10/h2-7,9H,8,16H2,1H3. The molecule has 0 bridgehead atoms. The highest BCUT2D eigenvalue weighted by atomic mass is 32.2. The van der Waals surface area contributed by atoms with E-state index < -0.39 is 9.84 Å². The molecule has 6 heteroatoms. The molecule has 0 aliphatic heterocycles. The van der Waals surface area contributed by atoms with Gasteiger partial charge >= 0.3 is 0 Å². The predicted octanol–water partition coefficient (Wildman–Crippen LogP) is 2.40. The molecule has 1 aromatic heterocycles. The summed E-state index contributed by atoms with van der Waals surface area (Å²) < 4.78 is 28.7. The fourth-order valence-electron chi connectivity index (χ4n) is 2.14. The summed E-state index contributed by atoms with van der Waals surface area (Å²) in [5, 5.41) is 0. The predicted molar refractivity (Wildman–Crippen MR) is 80.8 cm³/mol. The van der Waals surface area contributed by atoms with Crippen molar-refractivity contribution < 1.29 is 12.8 Å². The Bertz CT molecular complexity index is 914. The van der Waals surface area contributed by atoms with Crippen LogP contribution in [0.3, 0.4) is 0 Å². The monoisotopic (exact) mass is 302 g/mol. The molecule has 0 atom stereocenters. The van der Waals surface area contributed by atoms with Gasteiger partial charge in [0, 0.05) is 18.4 Å². The summed E-state index contributed by atoms with van der Waals surface area (Å²) in [6.07, 6.45) is 1.68. The molecule has 2 aromatic carbocycles. The number of oxazole rings is 1. The third kappa shape index (κ3) is 2.90. The third-order valence-electron chi connectivity index (χ3n) is 3.14. The number of hydrogen-bond donors (Lipinski definition) is 1. The van der Waals surface area contributed by atoms with Gasteiger partial charge in [-0.15, -0.1) is 0 Å². The average Bonchev–Trinajstić information content (AvgIpc) is 2.78. The lowest BCUT2D eigenvalue weighted by Gasteiger charge is -1.98. The van der Waals surface area contributed by atoms with E-state index in [0.29, 0.717) is 29.1 Å². The molecule has 1 heterocycles. The van der Waals surface area contributed by atoms with Crippen LogP contribution in [0, 0.1) is 0 Å². The number of hydrogen-bond acceptors (Lipinski definition) is 5. The number of benzene rings is 2. The van der Waals surface area contributed by atoms with Gasteiger partial charge in [0.15, 0.2) is 21.3 Å². The number of aromatic nitrogens is 1. The first-order valence-electron chi connectivity index (χ1n) is 6.36. The van der Waals surface area contributed by atoms with Crippen molar-refractivity contribution in [2.75, 3.05) is 12.0 Å². The van der Waals surface area contributed by atoms with Gasteiger partial charge in [-0.2, -0.15) is 0 Å². The second-order valence-corrected chi connectivity index (χ2v) is 6.95. The molecule has 0 radical (unpaired) electrons. The topological polar surface area (TPSA) is 86.2 Å². The molecular formula is C15H14N2O3S. The minimum Gasteiger partial charge on any atom is -0.440 e. The number of anilines is 1. The Hall–Kier alpha value is -2.34. The van der Waals surface area contributed by atoms with E-state index in [-0.39, 0.29) is 4.90 Å². The second-order valence-electron chi connectivity index (χ2n) is 4.93.